The molecule has 1 aromatic carbocycles. The lowest BCUT2D eigenvalue weighted by Gasteiger charge is -2.14. The summed E-state index contributed by atoms with van der Waals surface area (Å²) in [7, 11) is 0. The molecule has 0 saturated heterocycles. The molecule has 0 spiro atoms. The van der Waals surface area contributed by atoms with Crippen molar-refractivity contribution < 1.29 is 35.9 Å². The molecule has 0 bridgehead atoms. The lowest BCUT2D eigenvalue weighted by molar-refractivity contribution is -0.145. The smallest absolute Gasteiger partial charge is 0.416 e. The van der Waals surface area contributed by atoms with Crippen LogP contribution in [0.3, 0.4) is 0 Å². The Labute approximate surface area is 142 Å². The van der Waals surface area contributed by atoms with Gasteiger partial charge in [-0.3, -0.25) is 4.79 Å². The molecule has 0 heterocycles. The number of carbonyl (C=O) groups excluding carboxylic acids is 1. The van der Waals surface area contributed by atoms with Crippen LogP contribution in [0.1, 0.15) is 29.5 Å². The van der Waals surface area contributed by atoms with Gasteiger partial charge in [0.25, 0.3) is 0 Å². The number of benzene rings is 1. The minimum Gasteiger partial charge on any atom is -0.466 e. The van der Waals surface area contributed by atoms with Crippen molar-refractivity contribution in [1.82, 2.24) is 0 Å². The van der Waals surface area contributed by atoms with Gasteiger partial charge in [-0.15, -0.1) is 0 Å². The standard InChI is InChI=1S/C14H10Cl2F6O2/c1-2-24-11(23)10-9(12(10,15)16)6-3-7(13(17,18)19)5-8(4-6)14(20,21)22/h3-5,9-10H,2H2,1H3/t9-,10+/m0/s1. The van der Waals surface area contributed by atoms with Crippen molar-refractivity contribution in [1.29, 1.82) is 0 Å². The van der Waals surface area contributed by atoms with E-state index in [1.165, 1.54) is 6.92 Å². The molecule has 1 fully saturated rings. The molecular formula is C14H10Cl2F6O2. The van der Waals surface area contributed by atoms with Gasteiger partial charge in [0.2, 0.25) is 0 Å². The highest BCUT2D eigenvalue weighted by molar-refractivity contribution is 6.53. The SMILES string of the molecule is CCOC(=O)[C@H]1[C@H](c2cc(C(F)(F)F)cc(C(F)(F)F)c2)C1(Cl)Cl. The molecule has 0 unspecified atom stereocenters. The number of carbonyl (C=O) groups is 1. The molecule has 2 nitrogen and oxygen atoms in total. The van der Waals surface area contributed by atoms with Crippen molar-refractivity contribution in [2.24, 2.45) is 5.92 Å². The van der Waals surface area contributed by atoms with Crippen LogP contribution in [-0.2, 0) is 21.9 Å². The molecule has 10 heteroatoms. The predicted octanol–water partition coefficient (Wildman–Crippen LogP) is 5.17. The van der Waals surface area contributed by atoms with E-state index in [0.717, 1.165) is 0 Å². The molecule has 0 aliphatic heterocycles. The van der Waals surface area contributed by atoms with Gasteiger partial charge in [-0.1, -0.05) is 23.2 Å². The van der Waals surface area contributed by atoms with Crippen LogP contribution < -0.4 is 0 Å². The number of halogens is 8. The van der Waals surface area contributed by atoms with E-state index in [0.29, 0.717) is 12.1 Å². The third kappa shape index (κ3) is 3.59. The van der Waals surface area contributed by atoms with Crippen LogP contribution >= 0.6 is 23.2 Å². The molecule has 1 saturated carbocycles. The molecule has 1 aliphatic rings. The summed E-state index contributed by atoms with van der Waals surface area (Å²) < 4.78 is 80.1. The van der Waals surface area contributed by atoms with Gasteiger partial charge >= 0.3 is 18.3 Å². The highest BCUT2D eigenvalue weighted by Gasteiger charge is 2.68. The molecule has 1 aliphatic carbocycles. The van der Waals surface area contributed by atoms with E-state index in [4.69, 9.17) is 27.9 Å². The summed E-state index contributed by atoms with van der Waals surface area (Å²) in [6, 6.07) is 1.02. The third-order valence-corrected chi connectivity index (χ3v) is 4.50. The van der Waals surface area contributed by atoms with Crippen molar-refractivity contribution in [2.75, 3.05) is 6.61 Å². The van der Waals surface area contributed by atoms with Gasteiger partial charge in [-0.05, 0) is 30.7 Å². The second-order valence-corrected chi connectivity index (χ2v) is 6.67. The second-order valence-electron chi connectivity index (χ2n) is 5.22. The van der Waals surface area contributed by atoms with Gasteiger partial charge in [0.15, 0.2) is 0 Å². The van der Waals surface area contributed by atoms with Gasteiger partial charge < -0.3 is 4.74 Å². The maximum Gasteiger partial charge on any atom is 0.416 e. The fourth-order valence-electron chi connectivity index (χ4n) is 2.43. The fraction of sp³-hybridized carbons (Fsp3) is 0.500. The highest BCUT2D eigenvalue weighted by Crippen LogP contribution is 2.65. The van der Waals surface area contributed by atoms with E-state index in [2.05, 4.69) is 0 Å². The predicted molar refractivity (Wildman–Crippen MR) is 73.7 cm³/mol. The summed E-state index contributed by atoms with van der Waals surface area (Å²) in [4.78, 5) is 11.7. The van der Waals surface area contributed by atoms with Crippen molar-refractivity contribution in [2.45, 2.75) is 29.5 Å². The number of esters is 1. The molecule has 0 aromatic heterocycles. The zero-order chi connectivity index (χ0) is 18.5. The molecule has 0 radical (unpaired) electrons. The Kier molecular flexibility index (Phi) is 4.78. The number of alkyl halides is 8. The van der Waals surface area contributed by atoms with Gasteiger partial charge in [0.1, 0.15) is 10.3 Å². The Bertz CT molecular complexity index is 621. The Balaban J connectivity index is 2.49. The maximum atomic E-state index is 12.9. The lowest BCUT2D eigenvalue weighted by Crippen LogP contribution is -2.12. The van der Waals surface area contributed by atoms with E-state index >= 15 is 0 Å². The molecule has 24 heavy (non-hydrogen) atoms. The van der Waals surface area contributed by atoms with Crippen LogP contribution in [0.25, 0.3) is 0 Å². The number of hydrogen-bond acceptors (Lipinski definition) is 2. The van der Waals surface area contributed by atoms with Gasteiger partial charge in [-0.2, -0.15) is 26.3 Å². The fourth-order valence-corrected chi connectivity index (χ4v) is 3.23. The zero-order valence-electron chi connectivity index (χ0n) is 11.9. The van der Waals surface area contributed by atoms with Crippen LogP contribution in [-0.4, -0.2) is 16.9 Å². The average Bonchev–Trinajstić information content (AvgIpc) is 2.99. The van der Waals surface area contributed by atoms with Crippen molar-refractivity contribution >= 4 is 29.2 Å². The number of hydrogen-bond donors (Lipinski definition) is 0. The Morgan fingerprint density at radius 2 is 1.54 bits per heavy atom. The third-order valence-electron chi connectivity index (χ3n) is 3.56. The van der Waals surface area contributed by atoms with Gasteiger partial charge in [0, 0.05) is 5.92 Å². The summed E-state index contributed by atoms with van der Waals surface area (Å²) >= 11 is 11.7. The van der Waals surface area contributed by atoms with Crippen molar-refractivity contribution in [3.05, 3.63) is 34.9 Å². The topological polar surface area (TPSA) is 26.3 Å². The molecule has 0 N–H and O–H groups in total. The summed E-state index contributed by atoms with van der Waals surface area (Å²) in [6.45, 7) is 1.47. The van der Waals surface area contributed by atoms with E-state index in [-0.39, 0.29) is 12.7 Å². The minimum absolute atomic E-state index is 0.00457. The largest absolute Gasteiger partial charge is 0.466 e. The molecular weight excluding hydrogens is 385 g/mol. The van der Waals surface area contributed by atoms with Crippen LogP contribution in [0.2, 0.25) is 0 Å². The molecule has 0 amide bonds. The van der Waals surface area contributed by atoms with Crippen LogP contribution in [0.5, 0.6) is 0 Å². The number of ether oxygens (including phenoxy) is 1. The van der Waals surface area contributed by atoms with Crippen LogP contribution in [0.4, 0.5) is 26.3 Å². The first-order valence-corrected chi connectivity index (χ1v) is 7.39. The first-order chi connectivity index (χ1) is 10.8. The van der Waals surface area contributed by atoms with E-state index in [1.54, 1.807) is 0 Å². The monoisotopic (exact) mass is 394 g/mol. The first kappa shape index (κ1) is 19.2. The molecule has 2 atom stereocenters. The Hall–Kier alpha value is -1.15. The normalized spacial score (nSPS) is 23.0. The Morgan fingerprint density at radius 1 is 1.08 bits per heavy atom. The Morgan fingerprint density at radius 3 is 1.92 bits per heavy atom. The van der Waals surface area contributed by atoms with Gasteiger partial charge in [-0.25, -0.2) is 0 Å². The van der Waals surface area contributed by atoms with Crippen molar-refractivity contribution in [3.63, 3.8) is 0 Å². The quantitative estimate of drug-likeness (QED) is 0.401. The molecule has 1 aromatic rings. The van der Waals surface area contributed by atoms with Crippen LogP contribution in [0.15, 0.2) is 18.2 Å². The first-order valence-electron chi connectivity index (χ1n) is 6.64. The van der Waals surface area contributed by atoms with Crippen molar-refractivity contribution in [3.8, 4) is 0 Å². The van der Waals surface area contributed by atoms with E-state index < -0.39 is 51.2 Å². The minimum atomic E-state index is -4.99. The van der Waals surface area contributed by atoms with E-state index in [1.807, 2.05) is 0 Å². The molecule has 2 rings (SSSR count). The van der Waals surface area contributed by atoms with Crippen LogP contribution in [0, 0.1) is 5.92 Å². The highest BCUT2D eigenvalue weighted by atomic mass is 35.5. The average molecular weight is 395 g/mol. The van der Waals surface area contributed by atoms with Gasteiger partial charge in [0.05, 0.1) is 17.7 Å². The summed E-state index contributed by atoms with van der Waals surface area (Å²) in [5.41, 5.74) is -3.41. The summed E-state index contributed by atoms with van der Waals surface area (Å²) in [6.07, 6.45) is -9.99. The summed E-state index contributed by atoms with van der Waals surface area (Å²) in [5, 5.41) is 0. The molecule has 134 valence electrons. The maximum absolute atomic E-state index is 12.9. The van der Waals surface area contributed by atoms with E-state index in [9.17, 15) is 31.1 Å². The summed E-state index contributed by atoms with van der Waals surface area (Å²) in [5.74, 6) is -3.33. The number of rotatable bonds is 3. The zero-order valence-corrected chi connectivity index (χ0v) is 13.4. The second kappa shape index (κ2) is 5.98. The lowest BCUT2D eigenvalue weighted by atomic mass is 10.0.